The van der Waals surface area contributed by atoms with Gasteiger partial charge in [-0.25, -0.2) is 0 Å². The van der Waals surface area contributed by atoms with Crippen molar-refractivity contribution in [1.82, 2.24) is 0 Å². The molecule has 0 amide bonds. The first-order valence-electron chi connectivity index (χ1n) is 21.9. The number of benzene rings is 10. The molecule has 1 heteroatoms. The van der Waals surface area contributed by atoms with Gasteiger partial charge in [0.25, 0.3) is 0 Å². The van der Waals surface area contributed by atoms with Crippen molar-refractivity contribution < 1.29 is 0 Å². The van der Waals surface area contributed by atoms with Crippen molar-refractivity contribution in [2.75, 3.05) is 4.90 Å². The zero-order valence-electron chi connectivity index (χ0n) is 34.8. The predicted molar refractivity (Wildman–Crippen MR) is 261 cm³/mol. The zero-order valence-corrected chi connectivity index (χ0v) is 34.8. The van der Waals surface area contributed by atoms with Crippen LogP contribution in [-0.4, -0.2) is 0 Å². The third-order valence-corrected chi connectivity index (χ3v) is 13.6. The normalized spacial score (nSPS) is 16.7. The van der Waals surface area contributed by atoms with E-state index in [1.165, 1.54) is 77.9 Å². The van der Waals surface area contributed by atoms with Gasteiger partial charge in [-0.15, -0.1) is 0 Å². The summed E-state index contributed by atoms with van der Waals surface area (Å²) in [5, 5.41) is 0. The number of fused-ring (bicyclic) bond motifs is 5. The molecule has 2 unspecified atom stereocenters. The van der Waals surface area contributed by atoms with Crippen LogP contribution in [0.2, 0.25) is 0 Å². The summed E-state index contributed by atoms with van der Waals surface area (Å²) in [6.45, 7) is 0. The third kappa shape index (κ3) is 5.50. The quantitative estimate of drug-likeness (QED) is 0.148. The highest BCUT2D eigenvalue weighted by Gasteiger charge is 2.57. The molecule has 0 fully saturated rings. The van der Waals surface area contributed by atoms with Crippen molar-refractivity contribution in [1.29, 1.82) is 0 Å². The summed E-state index contributed by atoms with van der Waals surface area (Å²) in [4.78, 5) is 2.31. The highest BCUT2D eigenvalue weighted by molar-refractivity contribution is 5.93. The Kier molecular flexibility index (Phi) is 8.69. The van der Waals surface area contributed by atoms with Crippen molar-refractivity contribution in [2.24, 2.45) is 0 Å². The second kappa shape index (κ2) is 14.9. The van der Waals surface area contributed by atoms with Crippen LogP contribution in [0, 0.1) is 0 Å². The van der Waals surface area contributed by atoms with Gasteiger partial charge in [0.05, 0.1) is 10.8 Å². The van der Waals surface area contributed by atoms with E-state index in [-0.39, 0.29) is 0 Å². The van der Waals surface area contributed by atoms with Crippen LogP contribution in [0.15, 0.2) is 261 Å². The molecule has 10 aromatic rings. The Bertz CT molecular complexity index is 3210. The second-order valence-corrected chi connectivity index (χ2v) is 16.7. The van der Waals surface area contributed by atoms with Gasteiger partial charge in [0.2, 0.25) is 0 Å². The molecule has 0 aliphatic heterocycles. The molecule has 2 aliphatic rings. The molecule has 0 bridgehead atoms. The lowest BCUT2D eigenvalue weighted by Crippen LogP contribution is -2.44. The molecular formula is C62H43N. The summed E-state index contributed by atoms with van der Waals surface area (Å²) >= 11 is 0. The number of hydrogen-bond acceptors (Lipinski definition) is 1. The first kappa shape index (κ1) is 36.8. The van der Waals surface area contributed by atoms with E-state index in [2.05, 4.69) is 266 Å². The fraction of sp³-hybridized carbons (Fsp3) is 0.0323. The molecule has 10 aromatic carbocycles. The Labute approximate surface area is 369 Å². The van der Waals surface area contributed by atoms with Crippen LogP contribution in [0.4, 0.5) is 17.1 Å². The molecule has 2 aliphatic carbocycles. The third-order valence-electron chi connectivity index (χ3n) is 13.6. The molecule has 296 valence electrons. The minimum atomic E-state index is -0.627. The Morgan fingerprint density at radius 3 is 1.16 bits per heavy atom. The maximum absolute atomic E-state index is 2.42. The fourth-order valence-corrected chi connectivity index (χ4v) is 11.1. The van der Waals surface area contributed by atoms with Crippen molar-refractivity contribution in [3.63, 3.8) is 0 Å². The minimum absolute atomic E-state index is 0.482. The van der Waals surface area contributed by atoms with Gasteiger partial charge in [0.15, 0.2) is 0 Å². The van der Waals surface area contributed by atoms with Crippen LogP contribution < -0.4 is 4.90 Å². The van der Waals surface area contributed by atoms with Gasteiger partial charge in [-0.05, 0) is 114 Å². The van der Waals surface area contributed by atoms with Gasteiger partial charge >= 0.3 is 0 Å². The summed E-state index contributed by atoms with van der Waals surface area (Å²) in [5.41, 5.74) is 20.2. The first-order chi connectivity index (χ1) is 31.3. The Morgan fingerprint density at radius 2 is 0.587 bits per heavy atom. The van der Waals surface area contributed by atoms with Crippen molar-refractivity contribution >= 4 is 17.1 Å². The van der Waals surface area contributed by atoms with E-state index < -0.39 is 10.8 Å². The summed E-state index contributed by atoms with van der Waals surface area (Å²) in [6.07, 6.45) is 0. The van der Waals surface area contributed by atoms with Crippen molar-refractivity contribution in [3.05, 3.63) is 305 Å². The molecule has 0 spiro atoms. The molecule has 0 N–H and O–H groups in total. The highest BCUT2D eigenvalue weighted by atomic mass is 15.1. The molecule has 0 saturated heterocycles. The van der Waals surface area contributed by atoms with Crippen LogP contribution >= 0.6 is 0 Å². The second-order valence-electron chi connectivity index (χ2n) is 16.7. The molecule has 0 heterocycles. The summed E-state index contributed by atoms with van der Waals surface area (Å²) in [5.74, 6) is 0. The van der Waals surface area contributed by atoms with E-state index >= 15 is 0 Å². The smallest absolute Gasteiger partial charge is 0.0720 e. The maximum atomic E-state index is 2.42. The number of rotatable bonds is 8. The average molecular weight is 802 g/mol. The predicted octanol–water partition coefficient (Wildman–Crippen LogP) is 15.5. The van der Waals surface area contributed by atoms with Gasteiger partial charge in [0, 0.05) is 17.1 Å². The molecule has 0 saturated carbocycles. The Hall–Kier alpha value is -8.00. The minimum Gasteiger partial charge on any atom is -0.311 e. The lowest BCUT2D eigenvalue weighted by atomic mass is 9.51. The summed E-state index contributed by atoms with van der Waals surface area (Å²) in [6, 6.07) is 96.4. The first-order valence-corrected chi connectivity index (χ1v) is 21.9. The maximum Gasteiger partial charge on any atom is 0.0720 e. The highest BCUT2D eigenvalue weighted by Crippen LogP contribution is 2.66. The largest absolute Gasteiger partial charge is 0.311 e. The molecule has 63 heavy (non-hydrogen) atoms. The number of anilines is 3. The standard InChI is InChI=1S/C62H43N/c1-5-20-47(21-6-1)61(57-33-17-18-34-58(57)62(48-22-7-2-8-23-48)56-32-16-14-29-53(56)54-30-19-35-59(61)60(54)62)55-31-15-13-28-52(55)46-38-36-44(37-39-46)45-40-42-51(43-41-45)63(49-24-9-3-10-25-49)50-26-11-4-12-27-50/h1-43H. The van der Waals surface area contributed by atoms with E-state index in [9.17, 15) is 0 Å². The molecule has 1 nitrogen and oxygen atoms in total. The molecular weight excluding hydrogens is 759 g/mol. The Morgan fingerprint density at radius 1 is 0.222 bits per heavy atom. The van der Waals surface area contributed by atoms with Crippen LogP contribution in [0.1, 0.15) is 44.5 Å². The average Bonchev–Trinajstić information content (AvgIpc) is 3.68. The number of hydrogen-bond donors (Lipinski definition) is 0. The van der Waals surface area contributed by atoms with Gasteiger partial charge in [0.1, 0.15) is 0 Å². The van der Waals surface area contributed by atoms with Gasteiger partial charge < -0.3 is 4.90 Å². The molecule has 0 aromatic heterocycles. The molecule has 12 rings (SSSR count). The van der Waals surface area contributed by atoms with Crippen LogP contribution in [-0.2, 0) is 10.8 Å². The number of para-hydroxylation sites is 2. The zero-order chi connectivity index (χ0) is 41.8. The van der Waals surface area contributed by atoms with E-state index in [0.717, 1.165) is 17.1 Å². The lowest BCUT2D eigenvalue weighted by molar-refractivity contribution is 0.627. The van der Waals surface area contributed by atoms with Crippen LogP contribution in [0.5, 0.6) is 0 Å². The SMILES string of the molecule is c1ccc(N(c2ccccc2)c2ccc(-c3ccc(-c4ccccc4C4(c5ccccc5)c5ccccc5C5(c6ccccc6)c6ccccc6-c6cccc4c65)cc3)cc2)cc1. The van der Waals surface area contributed by atoms with Crippen molar-refractivity contribution in [3.8, 4) is 33.4 Å². The van der Waals surface area contributed by atoms with Gasteiger partial charge in [-0.2, -0.15) is 0 Å². The van der Waals surface area contributed by atoms with Gasteiger partial charge in [-0.1, -0.05) is 224 Å². The molecule has 0 radical (unpaired) electrons. The van der Waals surface area contributed by atoms with Crippen LogP contribution in [0.3, 0.4) is 0 Å². The van der Waals surface area contributed by atoms with E-state index in [0.29, 0.717) is 0 Å². The summed E-state index contributed by atoms with van der Waals surface area (Å²) in [7, 11) is 0. The number of nitrogens with zero attached hydrogens (tertiary/aromatic N) is 1. The Balaban J connectivity index is 1.03. The lowest BCUT2D eigenvalue weighted by Gasteiger charge is -2.50. The van der Waals surface area contributed by atoms with E-state index in [1.54, 1.807) is 0 Å². The van der Waals surface area contributed by atoms with E-state index in [1.807, 2.05) is 0 Å². The van der Waals surface area contributed by atoms with Crippen molar-refractivity contribution in [2.45, 2.75) is 10.8 Å². The van der Waals surface area contributed by atoms with Crippen LogP contribution in [0.25, 0.3) is 33.4 Å². The topological polar surface area (TPSA) is 3.24 Å². The van der Waals surface area contributed by atoms with E-state index in [4.69, 9.17) is 0 Å². The fourth-order valence-electron chi connectivity index (χ4n) is 11.1. The molecule has 2 atom stereocenters. The monoisotopic (exact) mass is 801 g/mol. The van der Waals surface area contributed by atoms with Gasteiger partial charge in [-0.3, -0.25) is 0 Å². The summed E-state index contributed by atoms with van der Waals surface area (Å²) < 4.78 is 0.